The van der Waals surface area contributed by atoms with Crippen LogP contribution in [0.5, 0.6) is 0 Å². The van der Waals surface area contributed by atoms with E-state index in [2.05, 4.69) is 48.0 Å². The Balaban J connectivity index is 1.38. The molecule has 1 aliphatic rings. The number of nitrogens with zero attached hydrogens (tertiary/aromatic N) is 4. The van der Waals surface area contributed by atoms with Crippen molar-refractivity contribution in [3.8, 4) is 10.6 Å². The van der Waals surface area contributed by atoms with E-state index >= 15 is 0 Å². The molecule has 0 spiro atoms. The fourth-order valence-electron chi connectivity index (χ4n) is 3.63. The number of hydrogen-bond donors (Lipinski definition) is 0. The second-order valence-electron chi connectivity index (χ2n) is 7.87. The number of aromatic nitrogens is 1. The van der Waals surface area contributed by atoms with Gasteiger partial charge in [0.15, 0.2) is 0 Å². The van der Waals surface area contributed by atoms with Crippen LogP contribution in [0.1, 0.15) is 35.8 Å². The number of nitro groups is 1. The molecule has 0 unspecified atom stereocenters. The lowest BCUT2D eigenvalue weighted by Gasteiger charge is -2.35. The lowest BCUT2D eigenvalue weighted by Crippen LogP contribution is -2.48. The largest absolute Gasteiger partial charge is 0.368 e. The number of benzene rings is 2. The van der Waals surface area contributed by atoms with Gasteiger partial charge < -0.3 is 9.80 Å². The Kier molecular flexibility index (Phi) is 5.99. The van der Waals surface area contributed by atoms with E-state index in [1.807, 2.05) is 10.3 Å². The highest BCUT2D eigenvalue weighted by atomic mass is 32.1. The average molecular weight is 437 g/mol. The number of nitro benzene ring substituents is 1. The number of thiazole rings is 1. The third-order valence-electron chi connectivity index (χ3n) is 5.54. The van der Waals surface area contributed by atoms with Gasteiger partial charge in [0, 0.05) is 54.9 Å². The van der Waals surface area contributed by atoms with Crippen LogP contribution in [0, 0.1) is 10.1 Å². The molecule has 0 atom stereocenters. The summed E-state index contributed by atoms with van der Waals surface area (Å²) in [7, 11) is 0. The lowest BCUT2D eigenvalue weighted by molar-refractivity contribution is -0.384. The van der Waals surface area contributed by atoms with E-state index in [0.29, 0.717) is 37.8 Å². The van der Waals surface area contributed by atoms with E-state index in [4.69, 9.17) is 0 Å². The summed E-state index contributed by atoms with van der Waals surface area (Å²) in [6.07, 6.45) is 0. The van der Waals surface area contributed by atoms with Crippen LogP contribution in [0.25, 0.3) is 10.6 Å². The highest BCUT2D eigenvalue weighted by molar-refractivity contribution is 7.13. The summed E-state index contributed by atoms with van der Waals surface area (Å²) >= 11 is 1.49. The van der Waals surface area contributed by atoms with E-state index in [1.165, 1.54) is 29.0 Å². The third-order valence-corrected chi connectivity index (χ3v) is 6.43. The summed E-state index contributed by atoms with van der Waals surface area (Å²) in [5.74, 6) is 0.428. The van der Waals surface area contributed by atoms with Crippen LogP contribution in [-0.2, 0) is 0 Å². The first-order chi connectivity index (χ1) is 14.9. The fraction of sp³-hybridized carbons (Fsp3) is 0.304. The molecule has 31 heavy (non-hydrogen) atoms. The van der Waals surface area contributed by atoms with Crippen molar-refractivity contribution in [2.75, 3.05) is 31.1 Å². The van der Waals surface area contributed by atoms with Crippen molar-refractivity contribution < 1.29 is 9.72 Å². The van der Waals surface area contributed by atoms with Crippen molar-refractivity contribution in [2.45, 2.75) is 19.8 Å². The molecule has 3 aromatic rings. The first kappa shape index (κ1) is 21.0. The Morgan fingerprint density at radius 1 is 1.03 bits per heavy atom. The molecule has 0 radical (unpaired) electrons. The Hall–Kier alpha value is -3.26. The minimum atomic E-state index is -0.402. The molecule has 2 heterocycles. The highest BCUT2D eigenvalue weighted by Crippen LogP contribution is 2.27. The van der Waals surface area contributed by atoms with Crippen molar-refractivity contribution in [2.24, 2.45) is 0 Å². The third kappa shape index (κ3) is 4.59. The normalized spacial score (nSPS) is 14.2. The van der Waals surface area contributed by atoms with Gasteiger partial charge in [-0.05, 0) is 23.6 Å². The molecule has 2 aromatic carbocycles. The van der Waals surface area contributed by atoms with Gasteiger partial charge in [-0.25, -0.2) is 4.98 Å². The van der Waals surface area contributed by atoms with Crippen molar-refractivity contribution in [1.82, 2.24) is 9.88 Å². The number of anilines is 1. The Morgan fingerprint density at radius 2 is 1.68 bits per heavy atom. The van der Waals surface area contributed by atoms with E-state index in [0.717, 1.165) is 16.3 Å². The number of carbonyl (C=O) groups excluding carboxylic acids is 1. The summed E-state index contributed by atoms with van der Waals surface area (Å²) in [4.78, 5) is 31.9. The number of carbonyl (C=O) groups is 1. The fourth-order valence-corrected chi connectivity index (χ4v) is 4.43. The number of hydrogen-bond acceptors (Lipinski definition) is 6. The smallest absolute Gasteiger partial charge is 0.273 e. The van der Waals surface area contributed by atoms with E-state index in [-0.39, 0.29) is 11.6 Å². The molecule has 0 saturated carbocycles. The van der Waals surface area contributed by atoms with Crippen molar-refractivity contribution in [3.05, 3.63) is 75.3 Å². The van der Waals surface area contributed by atoms with Gasteiger partial charge in [-0.15, -0.1) is 11.3 Å². The molecule has 0 bridgehead atoms. The van der Waals surface area contributed by atoms with Gasteiger partial charge in [-0.1, -0.05) is 38.1 Å². The van der Waals surface area contributed by atoms with Crippen molar-refractivity contribution >= 4 is 28.6 Å². The van der Waals surface area contributed by atoms with Crippen LogP contribution < -0.4 is 4.90 Å². The standard InChI is InChI=1S/C23H24N4O3S/c1-16(2)17-3-5-18(6-4-17)22-24-21(15-31-22)23(28)26-13-11-25(12-14-26)19-7-9-20(10-8-19)27(29)30/h3-10,15-16H,11-14H2,1-2H3. The zero-order valence-corrected chi connectivity index (χ0v) is 18.3. The molecule has 7 nitrogen and oxygen atoms in total. The molecule has 1 aliphatic heterocycles. The van der Waals surface area contributed by atoms with Gasteiger partial charge in [0.2, 0.25) is 0 Å². The molecule has 4 rings (SSSR count). The van der Waals surface area contributed by atoms with Crippen LogP contribution in [0.4, 0.5) is 11.4 Å². The topological polar surface area (TPSA) is 79.6 Å². The Labute approximate surface area is 185 Å². The van der Waals surface area contributed by atoms with E-state index in [1.54, 1.807) is 12.1 Å². The van der Waals surface area contributed by atoms with Crippen molar-refractivity contribution in [3.63, 3.8) is 0 Å². The summed E-state index contributed by atoms with van der Waals surface area (Å²) in [5.41, 5.74) is 3.80. The second-order valence-corrected chi connectivity index (χ2v) is 8.73. The average Bonchev–Trinajstić information content (AvgIpc) is 3.29. The molecule has 8 heteroatoms. The quantitative estimate of drug-likeness (QED) is 0.424. The summed E-state index contributed by atoms with van der Waals surface area (Å²) in [5, 5.41) is 13.5. The van der Waals surface area contributed by atoms with Crippen LogP contribution in [-0.4, -0.2) is 46.9 Å². The van der Waals surface area contributed by atoms with Gasteiger partial charge >= 0.3 is 0 Å². The van der Waals surface area contributed by atoms with Gasteiger partial charge in [-0.3, -0.25) is 14.9 Å². The summed E-state index contributed by atoms with van der Waals surface area (Å²) in [6, 6.07) is 14.9. The summed E-state index contributed by atoms with van der Waals surface area (Å²) in [6.45, 7) is 6.86. The monoisotopic (exact) mass is 436 g/mol. The minimum absolute atomic E-state index is 0.0512. The van der Waals surface area contributed by atoms with Gasteiger partial charge in [0.05, 0.1) is 4.92 Å². The SMILES string of the molecule is CC(C)c1ccc(-c2nc(C(=O)N3CCN(c4ccc([N+](=O)[O-])cc4)CC3)cs2)cc1. The maximum atomic E-state index is 12.9. The molecule has 1 fully saturated rings. The number of piperazine rings is 1. The maximum absolute atomic E-state index is 12.9. The summed E-state index contributed by atoms with van der Waals surface area (Å²) < 4.78 is 0. The Bertz CT molecular complexity index is 1070. The molecule has 160 valence electrons. The highest BCUT2D eigenvalue weighted by Gasteiger charge is 2.24. The zero-order valence-electron chi connectivity index (χ0n) is 17.5. The maximum Gasteiger partial charge on any atom is 0.273 e. The molecule has 1 aromatic heterocycles. The van der Waals surface area contributed by atoms with Gasteiger partial charge in [-0.2, -0.15) is 0 Å². The van der Waals surface area contributed by atoms with Crippen LogP contribution >= 0.6 is 11.3 Å². The first-order valence-electron chi connectivity index (χ1n) is 10.3. The molecule has 1 saturated heterocycles. The minimum Gasteiger partial charge on any atom is -0.368 e. The van der Waals surface area contributed by atoms with E-state index in [9.17, 15) is 14.9 Å². The number of non-ortho nitro benzene ring substituents is 1. The Morgan fingerprint density at radius 3 is 2.26 bits per heavy atom. The predicted octanol–water partition coefficient (Wildman–Crippen LogP) is 4.80. The van der Waals surface area contributed by atoms with Crippen LogP contribution in [0.3, 0.4) is 0 Å². The van der Waals surface area contributed by atoms with Crippen LogP contribution in [0.2, 0.25) is 0 Å². The van der Waals surface area contributed by atoms with E-state index < -0.39 is 4.92 Å². The van der Waals surface area contributed by atoms with Gasteiger partial charge in [0.1, 0.15) is 10.7 Å². The van der Waals surface area contributed by atoms with Gasteiger partial charge in [0.25, 0.3) is 11.6 Å². The molecular weight excluding hydrogens is 412 g/mol. The second kappa shape index (κ2) is 8.85. The molecule has 0 N–H and O–H groups in total. The zero-order chi connectivity index (χ0) is 22.0. The molecular formula is C23H24N4O3S. The number of rotatable bonds is 5. The molecule has 0 aliphatic carbocycles. The van der Waals surface area contributed by atoms with Crippen molar-refractivity contribution in [1.29, 1.82) is 0 Å². The first-order valence-corrected chi connectivity index (χ1v) is 11.1. The molecule has 1 amide bonds. The number of amides is 1. The van der Waals surface area contributed by atoms with Crippen LogP contribution in [0.15, 0.2) is 53.9 Å². The lowest BCUT2D eigenvalue weighted by atomic mass is 10.0. The predicted molar refractivity (Wildman–Crippen MR) is 123 cm³/mol.